The van der Waals surface area contributed by atoms with Gasteiger partial charge in [-0.25, -0.2) is 0 Å². The van der Waals surface area contributed by atoms with E-state index in [4.69, 9.17) is 0 Å². The lowest BCUT2D eigenvalue weighted by molar-refractivity contribution is 0.117. The van der Waals surface area contributed by atoms with Crippen molar-refractivity contribution in [2.24, 2.45) is 5.92 Å². The highest BCUT2D eigenvalue weighted by Crippen LogP contribution is 2.27. The Labute approximate surface area is 108 Å². The van der Waals surface area contributed by atoms with Gasteiger partial charge < -0.3 is 5.32 Å². The monoisotopic (exact) mass is 240 g/mol. The summed E-state index contributed by atoms with van der Waals surface area (Å²) in [6.45, 7) is 10.3. The summed E-state index contributed by atoms with van der Waals surface area (Å²) in [5, 5.41) is 3.58. The molecule has 1 saturated carbocycles. The maximum absolute atomic E-state index is 3.58. The molecule has 1 aliphatic carbocycles. The van der Waals surface area contributed by atoms with Gasteiger partial charge >= 0.3 is 0 Å². The normalized spacial score (nSPS) is 27.7. The Balaban J connectivity index is 2.39. The topological polar surface area (TPSA) is 15.3 Å². The quantitative estimate of drug-likeness (QED) is 0.766. The molecule has 0 radical (unpaired) electrons. The van der Waals surface area contributed by atoms with Crippen LogP contribution in [0, 0.1) is 5.92 Å². The summed E-state index contributed by atoms with van der Waals surface area (Å²) in [5.41, 5.74) is 0. The average molecular weight is 240 g/mol. The van der Waals surface area contributed by atoms with Crippen LogP contribution in [0.1, 0.15) is 59.8 Å². The Kier molecular flexibility index (Phi) is 6.50. The number of hydrogen-bond donors (Lipinski definition) is 1. The molecule has 0 aromatic rings. The fourth-order valence-electron chi connectivity index (χ4n) is 2.90. The number of rotatable bonds is 6. The van der Waals surface area contributed by atoms with Crippen LogP contribution in [0.4, 0.5) is 0 Å². The van der Waals surface area contributed by atoms with E-state index in [1.54, 1.807) is 0 Å². The van der Waals surface area contributed by atoms with E-state index in [0.717, 1.165) is 18.5 Å². The Hall–Kier alpha value is -0.0800. The Bertz CT molecular complexity index is 195. The van der Waals surface area contributed by atoms with Crippen molar-refractivity contribution in [2.75, 3.05) is 13.6 Å². The minimum absolute atomic E-state index is 0.601. The number of likely N-dealkylation sites (N-methyl/N-ethyl adjacent to an activating group) is 1. The van der Waals surface area contributed by atoms with Gasteiger partial charge in [-0.3, -0.25) is 4.90 Å². The molecule has 1 N–H and O–H groups in total. The lowest BCUT2D eigenvalue weighted by atomic mass is 9.86. The summed E-state index contributed by atoms with van der Waals surface area (Å²) >= 11 is 0. The number of hydrogen-bond acceptors (Lipinski definition) is 2. The molecule has 0 bridgehead atoms. The largest absolute Gasteiger partial charge is 0.313 e. The zero-order valence-corrected chi connectivity index (χ0v) is 12.5. The molecular formula is C15H32N2. The molecule has 1 rings (SSSR count). The van der Waals surface area contributed by atoms with Crippen LogP contribution in [0.3, 0.4) is 0 Å². The minimum Gasteiger partial charge on any atom is -0.313 e. The molecule has 1 unspecified atom stereocenters. The number of nitrogens with zero attached hydrogens (tertiary/aromatic N) is 1. The average Bonchev–Trinajstić information content (AvgIpc) is 2.30. The first kappa shape index (κ1) is 15.0. The molecule has 0 aromatic carbocycles. The Morgan fingerprint density at radius 1 is 1.18 bits per heavy atom. The second kappa shape index (κ2) is 7.38. The van der Waals surface area contributed by atoms with Gasteiger partial charge in [0.05, 0.1) is 0 Å². The summed E-state index contributed by atoms with van der Waals surface area (Å²) in [7, 11) is 2.33. The third kappa shape index (κ3) is 4.97. The van der Waals surface area contributed by atoms with Crippen molar-refractivity contribution in [3.63, 3.8) is 0 Å². The predicted molar refractivity (Wildman–Crippen MR) is 76.4 cm³/mol. The zero-order chi connectivity index (χ0) is 12.8. The van der Waals surface area contributed by atoms with Crippen molar-refractivity contribution in [1.29, 1.82) is 0 Å². The summed E-state index contributed by atoms with van der Waals surface area (Å²) in [5.74, 6) is 0.952. The van der Waals surface area contributed by atoms with E-state index >= 15 is 0 Å². The van der Waals surface area contributed by atoms with Gasteiger partial charge in [0.25, 0.3) is 0 Å². The van der Waals surface area contributed by atoms with Crippen LogP contribution < -0.4 is 5.32 Å². The molecule has 1 aliphatic rings. The van der Waals surface area contributed by atoms with Gasteiger partial charge in [-0.2, -0.15) is 0 Å². The van der Waals surface area contributed by atoms with Gasteiger partial charge in [-0.05, 0) is 45.1 Å². The van der Waals surface area contributed by atoms with Gasteiger partial charge in [0.1, 0.15) is 0 Å². The smallest absolute Gasteiger partial charge is 0.0217 e. The third-order valence-electron chi connectivity index (χ3n) is 4.37. The highest BCUT2D eigenvalue weighted by atomic mass is 15.2. The minimum atomic E-state index is 0.601. The van der Waals surface area contributed by atoms with Crippen LogP contribution in [-0.4, -0.2) is 36.6 Å². The molecule has 102 valence electrons. The lowest BCUT2D eigenvalue weighted by Gasteiger charge is -2.38. The highest BCUT2D eigenvalue weighted by molar-refractivity contribution is 4.81. The number of nitrogens with one attached hydrogen (secondary N) is 1. The highest BCUT2D eigenvalue weighted by Gasteiger charge is 2.25. The van der Waals surface area contributed by atoms with E-state index in [0.29, 0.717) is 12.1 Å². The molecule has 0 spiro atoms. The molecular weight excluding hydrogens is 208 g/mol. The molecule has 17 heavy (non-hydrogen) atoms. The first-order valence-corrected chi connectivity index (χ1v) is 7.49. The maximum Gasteiger partial charge on any atom is 0.0217 e. The molecule has 1 atom stereocenters. The molecule has 2 heteroatoms. The first-order valence-electron chi connectivity index (χ1n) is 7.49. The Morgan fingerprint density at radius 2 is 1.76 bits per heavy atom. The first-order chi connectivity index (χ1) is 8.04. The summed E-state index contributed by atoms with van der Waals surface area (Å²) < 4.78 is 0. The van der Waals surface area contributed by atoms with E-state index in [2.05, 4.69) is 45.0 Å². The van der Waals surface area contributed by atoms with Crippen LogP contribution in [0.25, 0.3) is 0 Å². The van der Waals surface area contributed by atoms with Crippen molar-refractivity contribution in [3.8, 4) is 0 Å². The van der Waals surface area contributed by atoms with Gasteiger partial charge in [0.2, 0.25) is 0 Å². The van der Waals surface area contributed by atoms with Crippen LogP contribution in [0.2, 0.25) is 0 Å². The van der Waals surface area contributed by atoms with Gasteiger partial charge in [0.15, 0.2) is 0 Å². The van der Waals surface area contributed by atoms with E-state index in [9.17, 15) is 0 Å². The standard InChI is InChI=1S/C15H32N2/c1-6-14(11-16-12(2)3)17(5)15-9-7-13(4)8-10-15/h12-16H,6-11H2,1-5H3. The molecule has 0 aliphatic heterocycles. The predicted octanol–water partition coefficient (Wildman–Crippen LogP) is 3.27. The molecule has 0 heterocycles. The molecule has 0 amide bonds. The fraction of sp³-hybridized carbons (Fsp3) is 1.00. The second-order valence-electron chi connectivity index (χ2n) is 6.20. The van der Waals surface area contributed by atoms with Crippen LogP contribution in [0.15, 0.2) is 0 Å². The van der Waals surface area contributed by atoms with Crippen LogP contribution >= 0.6 is 0 Å². The third-order valence-corrected chi connectivity index (χ3v) is 4.37. The van der Waals surface area contributed by atoms with Gasteiger partial charge in [0, 0.05) is 24.7 Å². The van der Waals surface area contributed by atoms with E-state index in [1.807, 2.05) is 0 Å². The van der Waals surface area contributed by atoms with Crippen LogP contribution in [0.5, 0.6) is 0 Å². The zero-order valence-electron chi connectivity index (χ0n) is 12.5. The van der Waals surface area contributed by atoms with Crippen LogP contribution in [-0.2, 0) is 0 Å². The van der Waals surface area contributed by atoms with E-state index < -0.39 is 0 Å². The summed E-state index contributed by atoms with van der Waals surface area (Å²) in [6.07, 6.45) is 6.89. The second-order valence-corrected chi connectivity index (χ2v) is 6.20. The van der Waals surface area contributed by atoms with Gasteiger partial charge in [-0.15, -0.1) is 0 Å². The maximum atomic E-state index is 3.58. The van der Waals surface area contributed by atoms with Crippen molar-refractivity contribution in [3.05, 3.63) is 0 Å². The molecule has 0 saturated heterocycles. The van der Waals surface area contributed by atoms with E-state index in [-0.39, 0.29) is 0 Å². The van der Waals surface area contributed by atoms with Crippen molar-refractivity contribution in [2.45, 2.75) is 77.9 Å². The summed E-state index contributed by atoms with van der Waals surface area (Å²) in [6, 6.07) is 2.13. The van der Waals surface area contributed by atoms with E-state index in [1.165, 1.54) is 32.1 Å². The van der Waals surface area contributed by atoms with Crippen molar-refractivity contribution < 1.29 is 0 Å². The molecule has 1 fully saturated rings. The molecule has 2 nitrogen and oxygen atoms in total. The molecule has 0 aromatic heterocycles. The SMILES string of the molecule is CCC(CNC(C)C)N(C)C1CCC(C)CC1. The summed E-state index contributed by atoms with van der Waals surface area (Å²) in [4.78, 5) is 2.64. The van der Waals surface area contributed by atoms with Crippen molar-refractivity contribution >= 4 is 0 Å². The van der Waals surface area contributed by atoms with Gasteiger partial charge in [-0.1, -0.05) is 27.7 Å². The van der Waals surface area contributed by atoms with Crippen molar-refractivity contribution in [1.82, 2.24) is 10.2 Å². The fourth-order valence-corrected chi connectivity index (χ4v) is 2.90. The lowest BCUT2D eigenvalue weighted by Crippen LogP contribution is -2.47. The Morgan fingerprint density at radius 3 is 2.24 bits per heavy atom.